The van der Waals surface area contributed by atoms with Crippen LogP contribution < -0.4 is 5.32 Å². The molecule has 0 bridgehead atoms. The molecule has 0 spiro atoms. The van der Waals surface area contributed by atoms with Crippen LogP contribution in [0.5, 0.6) is 0 Å². The molecular weight excluding hydrogens is 430 g/mol. The van der Waals surface area contributed by atoms with E-state index in [1.165, 1.54) is 11.8 Å². The van der Waals surface area contributed by atoms with Gasteiger partial charge in [-0.05, 0) is 22.6 Å². The van der Waals surface area contributed by atoms with Gasteiger partial charge in [-0.2, -0.15) is 0 Å². The van der Waals surface area contributed by atoms with Gasteiger partial charge >= 0.3 is 0 Å². The quantitative estimate of drug-likeness (QED) is 0.301. The van der Waals surface area contributed by atoms with Gasteiger partial charge in [0.25, 0.3) is 5.22 Å². The molecule has 1 amide bonds. The van der Waals surface area contributed by atoms with E-state index in [0.29, 0.717) is 11.1 Å². The summed E-state index contributed by atoms with van der Waals surface area (Å²) in [5.74, 6) is 0.383. The first-order chi connectivity index (χ1) is 16.3. The molecule has 0 atom stereocenters. The first-order valence-corrected chi connectivity index (χ1v) is 11.6. The molecule has 33 heavy (non-hydrogen) atoms. The van der Waals surface area contributed by atoms with Crippen LogP contribution in [0.1, 0.15) is 22.9 Å². The van der Waals surface area contributed by atoms with E-state index < -0.39 is 0 Å². The minimum Gasteiger partial charge on any atom is -0.415 e. The van der Waals surface area contributed by atoms with Gasteiger partial charge in [0.2, 0.25) is 11.8 Å². The molecule has 4 aromatic carbocycles. The summed E-state index contributed by atoms with van der Waals surface area (Å²) in [5, 5.41) is 13.9. The molecule has 0 fully saturated rings. The fourth-order valence-electron chi connectivity index (χ4n) is 3.81. The highest BCUT2D eigenvalue weighted by Crippen LogP contribution is 2.32. The number of thioether (sulfide) groups is 1. The van der Waals surface area contributed by atoms with Gasteiger partial charge in [0, 0.05) is 11.1 Å². The fourth-order valence-corrected chi connectivity index (χ4v) is 4.38. The van der Waals surface area contributed by atoms with E-state index in [-0.39, 0.29) is 17.6 Å². The van der Waals surface area contributed by atoms with Gasteiger partial charge in [0.15, 0.2) is 0 Å². The Balaban J connectivity index is 1.30. The monoisotopic (exact) mass is 451 g/mol. The standard InChI is InChI=1S/C27H21N3O2S/c31-24(28-23-17-9-15-19-10-7-8-16-22(19)23)18-33-27-30-29-26(32-27)25(20-11-3-1-4-12-20)21-13-5-2-6-14-21/h1-17,25H,18H2,(H,28,31). The normalized spacial score (nSPS) is 11.1. The van der Waals surface area contributed by atoms with E-state index in [4.69, 9.17) is 4.42 Å². The van der Waals surface area contributed by atoms with E-state index in [1.54, 1.807) is 0 Å². The van der Waals surface area contributed by atoms with Crippen molar-refractivity contribution in [1.29, 1.82) is 0 Å². The third-order valence-corrected chi connectivity index (χ3v) is 6.14. The Labute approximate surface area is 195 Å². The number of carbonyl (C=O) groups excluding carboxylic acids is 1. The maximum absolute atomic E-state index is 12.6. The minimum absolute atomic E-state index is 0.126. The number of aromatic nitrogens is 2. The molecule has 1 heterocycles. The second kappa shape index (κ2) is 9.71. The fraction of sp³-hybridized carbons (Fsp3) is 0.0741. The highest BCUT2D eigenvalue weighted by atomic mass is 32.2. The van der Waals surface area contributed by atoms with Crippen LogP contribution in [0.3, 0.4) is 0 Å². The van der Waals surface area contributed by atoms with Gasteiger partial charge < -0.3 is 9.73 Å². The summed E-state index contributed by atoms with van der Waals surface area (Å²) >= 11 is 1.23. The number of nitrogens with zero attached hydrogens (tertiary/aromatic N) is 2. The first-order valence-electron chi connectivity index (χ1n) is 10.6. The predicted octanol–water partition coefficient (Wildman–Crippen LogP) is 6.13. The molecule has 6 heteroatoms. The van der Waals surface area contributed by atoms with Gasteiger partial charge in [-0.3, -0.25) is 4.79 Å². The third-order valence-electron chi connectivity index (χ3n) is 5.33. The lowest BCUT2D eigenvalue weighted by atomic mass is 9.91. The summed E-state index contributed by atoms with van der Waals surface area (Å²) in [6.45, 7) is 0. The zero-order valence-electron chi connectivity index (χ0n) is 17.7. The van der Waals surface area contributed by atoms with Gasteiger partial charge in [-0.25, -0.2) is 0 Å². The number of hydrogen-bond donors (Lipinski definition) is 1. The van der Waals surface area contributed by atoms with E-state index in [2.05, 4.69) is 15.5 Å². The first kappa shape index (κ1) is 21.0. The molecule has 5 aromatic rings. The topological polar surface area (TPSA) is 68.0 Å². The largest absolute Gasteiger partial charge is 0.415 e. The van der Waals surface area contributed by atoms with E-state index in [1.807, 2.05) is 103 Å². The Morgan fingerprint density at radius 1 is 0.788 bits per heavy atom. The Hall–Kier alpha value is -3.90. The lowest BCUT2D eigenvalue weighted by Gasteiger charge is -2.13. The summed E-state index contributed by atoms with van der Waals surface area (Å²) in [6, 6.07) is 34.0. The van der Waals surface area contributed by atoms with Gasteiger partial charge in [0.05, 0.1) is 11.7 Å². The number of hydrogen-bond acceptors (Lipinski definition) is 5. The average molecular weight is 452 g/mol. The number of amides is 1. The lowest BCUT2D eigenvalue weighted by molar-refractivity contribution is -0.113. The van der Waals surface area contributed by atoms with E-state index in [9.17, 15) is 4.79 Å². The van der Waals surface area contributed by atoms with Crippen molar-refractivity contribution in [3.8, 4) is 0 Å². The van der Waals surface area contributed by atoms with Crippen LogP contribution in [-0.2, 0) is 4.79 Å². The van der Waals surface area contributed by atoms with Gasteiger partial charge in [0.1, 0.15) is 0 Å². The predicted molar refractivity (Wildman–Crippen MR) is 131 cm³/mol. The smallest absolute Gasteiger partial charge is 0.277 e. The van der Waals surface area contributed by atoms with Crippen LogP contribution in [0.2, 0.25) is 0 Å². The van der Waals surface area contributed by atoms with Crippen molar-refractivity contribution >= 4 is 34.1 Å². The molecule has 5 nitrogen and oxygen atoms in total. The van der Waals surface area contributed by atoms with Crippen LogP contribution in [0.15, 0.2) is 113 Å². The average Bonchev–Trinajstić information content (AvgIpc) is 3.33. The van der Waals surface area contributed by atoms with Crippen LogP contribution in [0.25, 0.3) is 10.8 Å². The minimum atomic E-state index is -0.168. The zero-order valence-corrected chi connectivity index (χ0v) is 18.5. The summed E-state index contributed by atoms with van der Waals surface area (Å²) < 4.78 is 5.99. The summed E-state index contributed by atoms with van der Waals surface area (Å²) in [7, 11) is 0. The molecule has 0 saturated heterocycles. The van der Waals surface area contributed by atoms with Crippen LogP contribution in [-0.4, -0.2) is 21.9 Å². The molecule has 5 rings (SSSR count). The third kappa shape index (κ3) is 4.81. The van der Waals surface area contributed by atoms with Gasteiger partial charge in [-0.1, -0.05) is 109 Å². The van der Waals surface area contributed by atoms with Crippen LogP contribution >= 0.6 is 11.8 Å². The Kier molecular flexibility index (Phi) is 6.17. The van der Waals surface area contributed by atoms with Crippen molar-refractivity contribution in [1.82, 2.24) is 10.2 Å². The maximum Gasteiger partial charge on any atom is 0.277 e. The van der Waals surface area contributed by atoms with Crippen molar-refractivity contribution in [3.05, 3.63) is 120 Å². The molecule has 0 aliphatic rings. The summed E-state index contributed by atoms with van der Waals surface area (Å²) in [4.78, 5) is 12.6. The Morgan fingerprint density at radius 3 is 2.15 bits per heavy atom. The highest BCUT2D eigenvalue weighted by Gasteiger charge is 2.23. The second-order valence-corrected chi connectivity index (χ2v) is 8.45. The SMILES string of the molecule is O=C(CSc1nnc(C(c2ccccc2)c2ccccc2)o1)Nc1cccc2ccccc12. The molecule has 162 valence electrons. The van der Waals surface area contributed by atoms with Crippen molar-refractivity contribution in [2.75, 3.05) is 11.1 Å². The summed E-state index contributed by atoms with van der Waals surface area (Å²) in [6.07, 6.45) is 0. The molecule has 1 N–H and O–H groups in total. The number of nitrogens with one attached hydrogen (secondary N) is 1. The lowest BCUT2D eigenvalue weighted by Crippen LogP contribution is -2.14. The van der Waals surface area contributed by atoms with Crippen LogP contribution in [0, 0.1) is 0 Å². The molecular formula is C27H21N3O2S. The number of carbonyl (C=O) groups is 1. The number of fused-ring (bicyclic) bond motifs is 1. The van der Waals surface area contributed by atoms with Crippen molar-refractivity contribution in [3.63, 3.8) is 0 Å². The maximum atomic E-state index is 12.6. The molecule has 0 aliphatic carbocycles. The molecule has 0 aliphatic heterocycles. The van der Waals surface area contributed by atoms with E-state index >= 15 is 0 Å². The van der Waals surface area contributed by atoms with Crippen molar-refractivity contribution in [2.45, 2.75) is 11.1 Å². The zero-order chi connectivity index (χ0) is 22.5. The molecule has 0 radical (unpaired) electrons. The van der Waals surface area contributed by atoms with E-state index in [0.717, 1.165) is 27.6 Å². The summed E-state index contributed by atoms with van der Waals surface area (Å²) in [5.41, 5.74) is 2.92. The van der Waals surface area contributed by atoms with Crippen LogP contribution in [0.4, 0.5) is 5.69 Å². The number of benzene rings is 4. The number of anilines is 1. The Bertz CT molecular complexity index is 1330. The molecule has 1 aromatic heterocycles. The second-order valence-electron chi connectivity index (χ2n) is 7.52. The van der Waals surface area contributed by atoms with Crippen molar-refractivity contribution in [2.24, 2.45) is 0 Å². The van der Waals surface area contributed by atoms with Crippen molar-refractivity contribution < 1.29 is 9.21 Å². The van der Waals surface area contributed by atoms with Gasteiger partial charge in [-0.15, -0.1) is 10.2 Å². The Morgan fingerprint density at radius 2 is 1.42 bits per heavy atom. The molecule has 0 saturated carbocycles. The highest BCUT2D eigenvalue weighted by molar-refractivity contribution is 7.99. The number of rotatable bonds is 7. The molecule has 0 unspecified atom stereocenters.